The SMILES string of the molecule is COC(=O)Cc1ccc(Cl)c(C)c1C#N. The first-order valence-electron chi connectivity index (χ1n) is 4.35. The van der Waals surface area contributed by atoms with Gasteiger partial charge in [0.15, 0.2) is 0 Å². The largest absolute Gasteiger partial charge is 0.469 e. The number of nitrogens with zero attached hydrogens (tertiary/aromatic N) is 1. The molecule has 0 saturated heterocycles. The van der Waals surface area contributed by atoms with Gasteiger partial charge in [0.1, 0.15) is 0 Å². The molecule has 0 radical (unpaired) electrons. The van der Waals surface area contributed by atoms with Crippen molar-refractivity contribution in [3.05, 3.63) is 33.8 Å². The molecule has 0 unspecified atom stereocenters. The van der Waals surface area contributed by atoms with Crippen LogP contribution in [0.15, 0.2) is 12.1 Å². The van der Waals surface area contributed by atoms with Gasteiger partial charge in [0, 0.05) is 5.02 Å². The Kier molecular flexibility index (Phi) is 3.70. The Morgan fingerprint density at radius 3 is 2.80 bits per heavy atom. The van der Waals surface area contributed by atoms with E-state index in [0.29, 0.717) is 21.7 Å². The van der Waals surface area contributed by atoms with E-state index in [1.165, 1.54) is 7.11 Å². The van der Waals surface area contributed by atoms with E-state index >= 15 is 0 Å². The maximum absolute atomic E-state index is 11.1. The highest BCUT2D eigenvalue weighted by atomic mass is 35.5. The topological polar surface area (TPSA) is 50.1 Å². The van der Waals surface area contributed by atoms with E-state index in [2.05, 4.69) is 4.74 Å². The maximum atomic E-state index is 11.1. The number of methoxy groups -OCH3 is 1. The van der Waals surface area contributed by atoms with Crippen LogP contribution in [0.2, 0.25) is 5.02 Å². The number of halogens is 1. The fourth-order valence-electron chi connectivity index (χ4n) is 1.27. The summed E-state index contributed by atoms with van der Waals surface area (Å²) in [5.41, 5.74) is 1.79. The van der Waals surface area contributed by atoms with Gasteiger partial charge in [-0.05, 0) is 24.1 Å². The Hall–Kier alpha value is -1.53. The van der Waals surface area contributed by atoms with Crippen LogP contribution in [0.5, 0.6) is 0 Å². The smallest absolute Gasteiger partial charge is 0.310 e. The lowest BCUT2D eigenvalue weighted by Gasteiger charge is -2.06. The fourth-order valence-corrected chi connectivity index (χ4v) is 1.43. The molecule has 0 heterocycles. The summed E-state index contributed by atoms with van der Waals surface area (Å²) in [6, 6.07) is 5.39. The molecule has 0 spiro atoms. The summed E-state index contributed by atoms with van der Waals surface area (Å²) in [5.74, 6) is -0.367. The minimum atomic E-state index is -0.367. The van der Waals surface area contributed by atoms with Crippen LogP contribution >= 0.6 is 11.6 Å². The van der Waals surface area contributed by atoms with Crippen molar-refractivity contribution in [1.82, 2.24) is 0 Å². The van der Waals surface area contributed by atoms with Gasteiger partial charge < -0.3 is 4.74 Å². The first-order valence-corrected chi connectivity index (χ1v) is 4.72. The molecule has 1 aromatic carbocycles. The lowest BCUT2D eigenvalue weighted by molar-refractivity contribution is -0.139. The van der Waals surface area contributed by atoms with Gasteiger partial charge in [-0.1, -0.05) is 17.7 Å². The van der Waals surface area contributed by atoms with E-state index in [4.69, 9.17) is 16.9 Å². The molecule has 0 aliphatic carbocycles. The van der Waals surface area contributed by atoms with Crippen LogP contribution in [0.4, 0.5) is 0 Å². The van der Waals surface area contributed by atoms with Gasteiger partial charge in [0.2, 0.25) is 0 Å². The molecule has 1 aromatic rings. The molecule has 0 fully saturated rings. The number of hydrogen-bond acceptors (Lipinski definition) is 3. The summed E-state index contributed by atoms with van der Waals surface area (Å²) in [6.07, 6.45) is 0.0946. The molecular formula is C11H10ClNO2. The Morgan fingerprint density at radius 1 is 1.60 bits per heavy atom. The normalized spacial score (nSPS) is 9.47. The summed E-state index contributed by atoms with van der Waals surface area (Å²) in [5, 5.41) is 9.48. The Balaban J connectivity index is 3.15. The quantitative estimate of drug-likeness (QED) is 0.723. The highest BCUT2D eigenvalue weighted by molar-refractivity contribution is 6.31. The third-order valence-corrected chi connectivity index (χ3v) is 2.57. The molecule has 0 aliphatic rings. The Bertz CT molecular complexity index is 435. The van der Waals surface area contributed by atoms with E-state index in [-0.39, 0.29) is 12.4 Å². The van der Waals surface area contributed by atoms with Gasteiger partial charge in [-0.25, -0.2) is 0 Å². The third kappa shape index (κ3) is 2.48. The van der Waals surface area contributed by atoms with E-state index in [0.717, 1.165) is 0 Å². The monoisotopic (exact) mass is 223 g/mol. The number of esters is 1. The highest BCUT2D eigenvalue weighted by Gasteiger charge is 2.11. The number of carbonyl (C=O) groups is 1. The van der Waals surface area contributed by atoms with Crippen molar-refractivity contribution in [3.8, 4) is 6.07 Å². The van der Waals surface area contributed by atoms with E-state index in [1.54, 1.807) is 19.1 Å². The van der Waals surface area contributed by atoms with Crippen molar-refractivity contribution in [2.45, 2.75) is 13.3 Å². The molecule has 0 amide bonds. The minimum Gasteiger partial charge on any atom is -0.469 e. The number of benzene rings is 1. The number of hydrogen-bond donors (Lipinski definition) is 0. The Morgan fingerprint density at radius 2 is 2.27 bits per heavy atom. The standard InChI is InChI=1S/C11H10ClNO2/c1-7-9(6-13)8(3-4-10(7)12)5-11(14)15-2/h3-4H,5H2,1-2H3. The van der Waals surface area contributed by atoms with Crippen molar-refractivity contribution < 1.29 is 9.53 Å². The third-order valence-electron chi connectivity index (χ3n) is 2.16. The molecule has 0 bridgehead atoms. The van der Waals surface area contributed by atoms with Crippen molar-refractivity contribution in [2.75, 3.05) is 7.11 Å². The van der Waals surface area contributed by atoms with Crippen LogP contribution in [0, 0.1) is 18.3 Å². The van der Waals surface area contributed by atoms with Crippen LogP contribution in [0.25, 0.3) is 0 Å². The summed E-state index contributed by atoms with van der Waals surface area (Å²) in [7, 11) is 1.32. The predicted octanol–water partition coefficient (Wildman–Crippen LogP) is 2.24. The Labute approximate surface area is 93.2 Å². The van der Waals surface area contributed by atoms with Crippen molar-refractivity contribution >= 4 is 17.6 Å². The zero-order chi connectivity index (χ0) is 11.4. The van der Waals surface area contributed by atoms with Gasteiger partial charge in [0.05, 0.1) is 25.2 Å². The predicted molar refractivity (Wildman–Crippen MR) is 56.6 cm³/mol. The highest BCUT2D eigenvalue weighted by Crippen LogP contribution is 2.22. The first kappa shape index (κ1) is 11.5. The number of nitriles is 1. The lowest BCUT2D eigenvalue weighted by Crippen LogP contribution is -2.06. The van der Waals surface area contributed by atoms with Crippen LogP contribution in [-0.4, -0.2) is 13.1 Å². The van der Waals surface area contributed by atoms with Crippen molar-refractivity contribution in [1.29, 1.82) is 5.26 Å². The van der Waals surface area contributed by atoms with E-state index < -0.39 is 0 Å². The summed E-state index contributed by atoms with van der Waals surface area (Å²) >= 11 is 5.87. The molecule has 3 nitrogen and oxygen atoms in total. The zero-order valence-corrected chi connectivity index (χ0v) is 9.26. The average molecular weight is 224 g/mol. The second-order valence-electron chi connectivity index (χ2n) is 3.07. The second-order valence-corrected chi connectivity index (χ2v) is 3.48. The average Bonchev–Trinajstić information content (AvgIpc) is 2.24. The van der Waals surface area contributed by atoms with Crippen molar-refractivity contribution in [3.63, 3.8) is 0 Å². The molecule has 4 heteroatoms. The van der Waals surface area contributed by atoms with Gasteiger partial charge in [-0.2, -0.15) is 5.26 Å². The zero-order valence-electron chi connectivity index (χ0n) is 8.50. The summed E-state index contributed by atoms with van der Waals surface area (Å²) < 4.78 is 4.54. The number of rotatable bonds is 2. The molecule has 78 valence electrons. The van der Waals surface area contributed by atoms with Crippen molar-refractivity contribution in [2.24, 2.45) is 0 Å². The molecule has 1 rings (SSSR count). The van der Waals surface area contributed by atoms with Gasteiger partial charge in [-0.15, -0.1) is 0 Å². The van der Waals surface area contributed by atoms with Crippen LogP contribution < -0.4 is 0 Å². The molecule has 0 aromatic heterocycles. The lowest BCUT2D eigenvalue weighted by atomic mass is 10.0. The minimum absolute atomic E-state index is 0.0946. The molecule has 0 N–H and O–H groups in total. The molecule has 0 atom stereocenters. The number of carbonyl (C=O) groups excluding carboxylic acids is 1. The van der Waals surface area contributed by atoms with Crippen LogP contribution in [0.1, 0.15) is 16.7 Å². The van der Waals surface area contributed by atoms with Gasteiger partial charge in [0.25, 0.3) is 0 Å². The molecular weight excluding hydrogens is 214 g/mol. The van der Waals surface area contributed by atoms with Crippen LogP contribution in [0.3, 0.4) is 0 Å². The number of ether oxygens (including phenoxy) is 1. The van der Waals surface area contributed by atoms with Gasteiger partial charge in [-0.3, -0.25) is 4.79 Å². The summed E-state index contributed by atoms with van der Waals surface area (Å²) in [6.45, 7) is 1.75. The first-order chi connectivity index (χ1) is 7.10. The van der Waals surface area contributed by atoms with Gasteiger partial charge >= 0.3 is 5.97 Å². The van der Waals surface area contributed by atoms with Crippen LogP contribution in [-0.2, 0) is 16.0 Å². The van der Waals surface area contributed by atoms with E-state index in [1.807, 2.05) is 6.07 Å². The second kappa shape index (κ2) is 4.81. The van der Waals surface area contributed by atoms with E-state index in [9.17, 15) is 4.79 Å². The maximum Gasteiger partial charge on any atom is 0.310 e. The fraction of sp³-hybridized carbons (Fsp3) is 0.273. The molecule has 0 aliphatic heterocycles. The summed E-state index contributed by atoms with van der Waals surface area (Å²) in [4.78, 5) is 11.1. The molecule has 0 saturated carbocycles. The molecule has 15 heavy (non-hydrogen) atoms.